The van der Waals surface area contributed by atoms with Gasteiger partial charge in [0.15, 0.2) is 0 Å². The number of fused-ring (bicyclic) bond motifs is 2. The van der Waals surface area contributed by atoms with E-state index < -0.39 is 0 Å². The summed E-state index contributed by atoms with van der Waals surface area (Å²) in [6, 6.07) is 8.04. The predicted octanol–water partition coefficient (Wildman–Crippen LogP) is 2.95. The number of H-pyrrole nitrogens is 1. The van der Waals surface area contributed by atoms with E-state index in [1.807, 2.05) is 49.0 Å². The topological polar surface area (TPSA) is 69.3 Å². The number of para-hydroxylation sites is 1. The second kappa shape index (κ2) is 6.90. The van der Waals surface area contributed by atoms with Gasteiger partial charge in [0.2, 0.25) is 0 Å². The van der Waals surface area contributed by atoms with Gasteiger partial charge < -0.3 is 14.8 Å². The SMILES string of the molecule is Cc1c(C(=O)N2CCCc3ccccc32)sc2nc(CN(C)C)[nH]c(=O)c12. The number of carbonyl (C=O) groups is 1. The molecule has 0 bridgehead atoms. The van der Waals surface area contributed by atoms with Gasteiger partial charge in [-0.25, -0.2) is 4.98 Å². The van der Waals surface area contributed by atoms with Crippen LogP contribution in [-0.4, -0.2) is 41.4 Å². The van der Waals surface area contributed by atoms with Crippen LogP contribution in [-0.2, 0) is 13.0 Å². The molecule has 0 fully saturated rings. The number of aromatic amines is 1. The third-order valence-electron chi connectivity index (χ3n) is 4.87. The number of rotatable bonds is 3. The Morgan fingerprint density at radius 3 is 2.89 bits per heavy atom. The number of nitrogens with zero attached hydrogens (tertiary/aromatic N) is 3. The van der Waals surface area contributed by atoms with E-state index in [-0.39, 0.29) is 11.5 Å². The van der Waals surface area contributed by atoms with Crippen LogP contribution in [0, 0.1) is 6.92 Å². The second-order valence-electron chi connectivity index (χ2n) is 7.18. The molecule has 0 unspecified atom stereocenters. The Bertz CT molecular complexity index is 1080. The van der Waals surface area contributed by atoms with Crippen molar-refractivity contribution in [2.75, 3.05) is 25.5 Å². The molecule has 1 amide bonds. The summed E-state index contributed by atoms with van der Waals surface area (Å²) >= 11 is 1.31. The van der Waals surface area contributed by atoms with Crippen LogP contribution < -0.4 is 10.5 Å². The number of aryl methyl sites for hydroxylation is 2. The fraction of sp³-hybridized carbons (Fsp3) is 0.350. The van der Waals surface area contributed by atoms with Gasteiger partial charge in [-0.05, 0) is 51.1 Å². The second-order valence-corrected chi connectivity index (χ2v) is 8.17. The van der Waals surface area contributed by atoms with Gasteiger partial charge in [-0.1, -0.05) is 18.2 Å². The molecule has 3 heterocycles. The van der Waals surface area contributed by atoms with E-state index in [4.69, 9.17) is 0 Å². The molecular weight excluding hydrogens is 360 g/mol. The lowest BCUT2D eigenvalue weighted by atomic mass is 10.0. The molecule has 0 atom stereocenters. The lowest BCUT2D eigenvalue weighted by Gasteiger charge is -2.29. The zero-order valence-corrected chi connectivity index (χ0v) is 16.5. The Balaban J connectivity index is 1.78. The van der Waals surface area contributed by atoms with Gasteiger partial charge in [0, 0.05) is 12.2 Å². The standard InChI is InChI=1S/C20H22N4O2S/c1-12-16-18(25)21-15(11-23(2)3)22-19(16)27-17(12)20(26)24-10-6-8-13-7-4-5-9-14(13)24/h4-5,7,9H,6,8,10-11H2,1-3H3,(H,21,22,25). The number of carbonyl (C=O) groups excluding carboxylic acids is 1. The van der Waals surface area contributed by atoms with Crippen molar-refractivity contribution in [3.63, 3.8) is 0 Å². The molecule has 4 rings (SSSR count). The van der Waals surface area contributed by atoms with Crippen molar-refractivity contribution in [3.05, 3.63) is 56.4 Å². The number of benzene rings is 1. The van der Waals surface area contributed by atoms with Crippen LogP contribution in [0.25, 0.3) is 10.2 Å². The van der Waals surface area contributed by atoms with Crippen molar-refractivity contribution in [2.24, 2.45) is 0 Å². The molecule has 140 valence electrons. The summed E-state index contributed by atoms with van der Waals surface area (Å²) in [5.41, 5.74) is 2.71. The van der Waals surface area contributed by atoms with Gasteiger partial charge in [0.05, 0.1) is 16.8 Å². The molecule has 0 spiro atoms. The fourth-order valence-electron chi connectivity index (χ4n) is 3.63. The summed E-state index contributed by atoms with van der Waals surface area (Å²) in [7, 11) is 3.85. The number of anilines is 1. The first kappa shape index (κ1) is 17.9. The Labute approximate surface area is 161 Å². The molecule has 0 saturated carbocycles. The van der Waals surface area contributed by atoms with Crippen LogP contribution in [0.1, 0.15) is 33.0 Å². The first-order valence-electron chi connectivity index (χ1n) is 9.02. The van der Waals surface area contributed by atoms with E-state index in [1.165, 1.54) is 16.9 Å². The molecule has 0 saturated heterocycles. The van der Waals surface area contributed by atoms with E-state index >= 15 is 0 Å². The minimum absolute atomic E-state index is 0.0452. The monoisotopic (exact) mass is 382 g/mol. The van der Waals surface area contributed by atoms with E-state index in [9.17, 15) is 9.59 Å². The fourth-order valence-corrected chi connectivity index (χ4v) is 4.78. The third kappa shape index (κ3) is 3.17. The number of hydrogen-bond acceptors (Lipinski definition) is 5. The molecule has 27 heavy (non-hydrogen) atoms. The Morgan fingerprint density at radius 2 is 2.11 bits per heavy atom. The first-order valence-corrected chi connectivity index (χ1v) is 9.84. The summed E-state index contributed by atoms with van der Waals surface area (Å²) in [4.78, 5) is 38.3. The van der Waals surface area contributed by atoms with Crippen molar-refractivity contribution < 1.29 is 4.79 Å². The highest BCUT2D eigenvalue weighted by Gasteiger charge is 2.27. The predicted molar refractivity (Wildman–Crippen MR) is 109 cm³/mol. The smallest absolute Gasteiger partial charge is 0.268 e. The largest absolute Gasteiger partial charge is 0.309 e. The highest BCUT2D eigenvalue weighted by atomic mass is 32.1. The quantitative estimate of drug-likeness (QED) is 0.756. The molecule has 0 radical (unpaired) electrons. The molecule has 1 aliphatic rings. The first-order chi connectivity index (χ1) is 13.0. The number of aromatic nitrogens is 2. The number of nitrogens with one attached hydrogen (secondary N) is 1. The van der Waals surface area contributed by atoms with Crippen molar-refractivity contribution in [1.82, 2.24) is 14.9 Å². The molecule has 1 aromatic carbocycles. The molecule has 7 heteroatoms. The molecular formula is C20H22N4O2S. The van der Waals surface area contributed by atoms with Crippen molar-refractivity contribution in [2.45, 2.75) is 26.3 Å². The summed E-state index contributed by atoms with van der Waals surface area (Å²) in [5, 5.41) is 0.524. The molecule has 6 nitrogen and oxygen atoms in total. The maximum Gasteiger partial charge on any atom is 0.268 e. The zero-order chi connectivity index (χ0) is 19.1. The summed E-state index contributed by atoms with van der Waals surface area (Å²) in [6.07, 6.45) is 1.93. The minimum Gasteiger partial charge on any atom is -0.309 e. The summed E-state index contributed by atoms with van der Waals surface area (Å²) in [5.74, 6) is 0.567. The zero-order valence-electron chi connectivity index (χ0n) is 15.7. The molecule has 3 aromatic rings. The van der Waals surface area contributed by atoms with Crippen molar-refractivity contribution >= 4 is 33.1 Å². The van der Waals surface area contributed by atoms with Gasteiger partial charge in [-0.15, -0.1) is 11.3 Å². The van der Waals surface area contributed by atoms with Crippen LogP contribution in [0.4, 0.5) is 5.69 Å². The summed E-state index contributed by atoms with van der Waals surface area (Å²) in [6.45, 7) is 3.08. The van der Waals surface area contributed by atoms with Crippen molar-refractivity contribution in [1.29, 1.82) is 0 Å². The average molecular weight is 382 g/mol. The highest BCUT2D eigenvalue weighted by Crippen LogP contribution is 2.33. The van der Waals surface area contributed by atoms with E-state index in [0.717, 1.165) is 18.5 Å². The normalized spacial score (nSPS) is 14.0. The van der Waals surface area contributed by atoms with Crippen LogP contribution >= 0.6 is 11.3 Å². The van der Waals surface area contributed by atoms with Gasteiger partial charge in [0.1, 0.15) is 10.7 Å². The van der Waals surface area contributed by atoms with E-state index in [1.54, 1.807) is 0 Å². The van der Waals surface area contributed by atoms with Crippen LogP contribution in [0.2, 0.25) is 0 Å². The Morgan fingerprint density at radius 1 is 1.33 bits per heavy atom. The summed E-state index contributed by atoms with van der Waals surface area (Å²) < 4.78 is 0. The van der Waals surface area contributed by atoms with Crippen molar-refractivity contribution in [3.8, 4) is 0 Å². The van der Waals surface area contributed by atoms with Gasteiger partial charge >= 0.3 is 0 Å². The third-order valence-corrected chi connectivity index (χ3v) is 6.04. The lowest BCUT2D eigenvalue weighted by molar-refractivity contribution is 0.0988. The van der Waals surface area contributed by atoms with Gasteiger partial charge in [0.25, 0.3) is 11.5 Å². The van der Waals surface area contributed by atoms with E-state index in [0.29, 0.717) is 39.6 Å². The van der Waals surface area contributed by atoms with Gasteiger partial charge in [-0.3, -0.25) is 9.59 Å². The molecule has 0 aliphatic carbocycles. The maximum absolute atomic E-state index is 13.3. The molecule has 2 aromatic heterocycles. The van der Waals surface area contributed by atoms with Crippen LogP contribution in [0.5, 0.6) is 0 Å². The number of hydrogen-bond donors (Lipinski definition) is 1. The Hall–Kier alpha value is -2.51. The highest BCUT2D eigenvalue weighted by molar-refractivity contribution is 7.20. The molecule has 1 aliphatic heterocycles. The van der Waals surface area contributed by atoms with Crippen LogP contribution in [0.3, 0.4) is 0 Å². The Kier molecular flexibility index (Phi) is 4.57. The minimum atomic E-state index is -0.177. The maximum atomic E-state index is 13.3. The number of amides is 1. The van der Waals surface area contributed by atoms with Crippen LogP contribution in [0.15, 0.2) is 29.1 Å². The number of thiophene rings is 1. The molecule has 1 N–H and O–H groups in total. The average Bonchev–Trinajstić information content (AvgIpc) is 2.97. The van der Waals surface area contributed by atoms with E-state index in [2.05, 4.69) is 16.0 Å². The van der Waals surface area contributed by atoms with Gasteiger partial charge in [-0.2, -0.15) is 0 Å². The lowest BCUT2D eigenvalue weighted by Crippen LogP contribution is -2.35.